The smallest absolute Gasteiger partial charge is 0.330 e. The van der Waals surface area contributed by atoms with Crippen LogP contribution in [0.2, 0.25) is 10.0 Å². The normalized spacial score (nSPS) is 19.2. The van der Waals surface area contributed by atoms with Crippen LogP contribution in [0.5, 0.6) is 0 Å². The Balaban J connectivity index is 1.56. The molecule has 1 aromatic carbocycles. The first-order valence-electron chi connectivity index (χ1n) is 12.1. The van der Waals surface area contributed by atoms with Crippen LogP contribution in [-0.2, 0) is 27.2 Å². The van der Waals surface area contributed by atoms with Crippen molar-refractivity contribution in [1.82, 2.24) is 4.98 Å². The summed E-state index contributed by atoms with van der Waals surface area (Å²) in [4.78, 5) is 48.5. The van der Waals surface area contributed by atoms with Crippen molar-refractivity contribution in [3.63, 3.8) is 0 Å². The molecule has 2 unspecified atom stereocenters. The molecule has 4 rings (SSSR count). The van der Waals surface area contributed by atoms with Gasteiger partial charge in [0.05, 0.1) is 28.6 Å². The van der Waals surface area contributed by atoms with Crippen LogP contribution in [0.15, 0.2) is 35.6 Å². The lowest BCUT2D eigenvalue weighted by Gasteiger charge is -2.19. The Hall–Kier alpha value is -2.77. The molecule has 0 spiro atoms. The van der Waals surface area contributed by atoms with E-state index in [0.717, 1.165) is 28.9 Å². The van der Waals surface area contributed by atoms with Gasteiger partial charge < -0.3 is 9.64 Å². The van der Waals surface area contributed by atoms with E-state index < -0.39 is 12.0 Å². The number of ketones is 1. The van der Waals surface area contributed by atoms with Crippen molar-refractivity contribution < 1.29 is 19.1 Å². The van der Waals surface area contributed by atoms with E-state index in [9.17, 15) is 14.4 Å². The first kappa shape index (κ1) is 26.3. The number of hydrogen-bond acceptors (Lipinski definition) is 6. The number of aliphatic imine (C=N–C) groups is 1. The van der Waals surface area contributed by atoms with Crippen LogP contribution in [0, 0.1) is 11.8 Å². The van der Waals surface area contributed by atoms with E-state index in [2.05, 4.69) is 18.8 Å². The molecule has 0 saturated heterocycles. The maximum absolute atomic E-state index is 13.2. The predicted molar refractivity (Wildman–Crippen MR) is 140 cm³/mol. The Bertz CT molecular complexity index is 1210. The molecule has 36 heavy (non-hydrogen) atoms. The number of rotatable bonds is 7. The van der Waals surface area contributed by atoms with Crippen LogP contribution in [0.4, 0.5) is 5.69 Å². The summed E-state index contributed by atoms with van der Waals surface area (Å²) in [6.07, 6.45) is 5.61. The summed E-state index contributed by atoms with van der Waals surface area (Å²) in [5.41, 5.74) is 3.72. The molecular weight excluding hydrogens is 501 g/mol. The lowest BCUT2D eigenvalue weighted by molar-refractivity contribution is -0.142. The number of methoxy groups -OCH3 is 1. The van der Waals surface area contributed by atoms with Gasteiger partial charge in [-0.3, -0.25) is 19.6 Å². The summed E-state index contributed by atoms with van der Waals surface area (Å²) in [7, 11) is 1.35. The SMILES string of the molecule is COC(=O)C(Cc1ccc2c(c1)CCN2C(=O)c1c(Cl)cncc1Cl)N=C1CCC(=O)C1CC(C)C. The molecule has 0 N–H and O–H groups in total. The Morgan fingerprint density at radius 3 is 2.56 bits per heavy atom. The molecule has 1 fully saturated rings. The number of carbonyl (C=O) groups excluding carboxylic acids is 3. The average Bonchev–Trinajstić information content (AvgIpc) is 3.41. The third-order valence-electron chi connectivity index (χ3n) is 6.70. The summed E-state index contributed by atoms with van der Waals surface area (Å²) >= 11 is 12.4. The fourth-order valence-electron chi connectivity index (χ4n) is 4.96. The Morgan fingerprint density at radius 2 is 1.89 bits per heavy atom. The number of halogens is 2. The van der Waals surface area contributed by atoms with E-state index in [1.54, 1.807) is 4.90 Å². The molecule has 1 saturated carbocycles. The van der Waals surface area contributed by atoms with Gasteiger partial charge in [-0.1, -0.05) is 49.2 Å². The molecule has 1 aliphatic carbocycles. The molecule has 1 amide bonds. The van der Waals surface area contributed by atoms with E-state index in [1.807, 2.05) is 18.2 Å². The van der Waals surface area contributed by atoms with Gasteiger partial charge in [-0.2, -0.15) is 0 Å². The zero-order valence-electron chi connectivity index (χ0n) is 20.6. The maximum atomic E-state index is 13.2. The van der Waals surface area contributed by atoms with E-state index >= 15 is 0 Å². The highest BCUT2D eigenvalue weighted by Crippen LogP contribution is 2.34. The molecule has 2 aromatic rings. The van der Waals surface area contributed by atoms with Gasteiger partial charge in [-0.25, -0.2) is 4.79 Å². The van der Waals surface area contributed by atoms with Gasteiger partial charge in [0.15, 0.2) is 6.04 Å². The number of Topliss-reactive ketones (excluding diaryl/α,β-unsaturated/α-hetero) is 1. The molecular formula is C27H29Cl2N3O4. The van der Waals surface area contributed by atoms with E-state index in [4.69, 9.17) is 32.9 Å². The summed E-state index contributed by atoms with van der Waals surface area (Å²) < 4.78 is 5.04. The minimum atomic E-state index is -0.725. The topological polar surface area (TPSA) is 88.9 Å². The lowest BCUT2D eigenvalue weighted by Crippen LogP contribution is -2.29. The van der Waals surface area contributed by atoms with Crippen LogP contribution < -0.4 is 4.90 Å². The van der Waals surface area contributed by atoms with Gasteiger partial charge in [0.1, 0.15) is 5.78 Å². The van der Waals surface area contributed by atoms with Crippen LogP contribution in [0.25, 0.3) is 0 Å². The first-order valence-corrected chi connectivity index (χ1v) is 12.8. The second-order valence-corrected chi connectivity index (χ2v) is 10.5. The van der Waals surface area contributed by atoms with Gasteiger partial charge in [0.2, 0.25) is 0 Å². The maximum Gasteiger partial charge on any atom is 0.330 e. The van der Waals surface area contributed by atoms with Gasteiger partial charge in [0.25, 0.3) is 5.91 Å². The van der Waals surface area contributed by atoms with Crippen molar-refractivity contribution in [2.75, 3.05) is 18.6 Å². The van der Waals surface area contributed by atoms with Crippen molar-refractivity contribution >= 4 is 52.3 Å². The van der Waals surface area contributed by atoms with E-state index in [0.29, 0.717) is 38.1 Å². The number of fused-ring (bicyclic) bond motifs is 1. The van der Waals surface area contributed by atoms with Gasteiger partial charge in [-0.05, 0) is 42.4 Å². The van der Waals surface area contributed by atoms with Crippen LogP contribution in [0.1, 0.15) is 54.6 Å². The van der Waals surface area contributed by atoms with Crippen molar-refractivity contribution in [2.45, 2.75) is 52.0 Å². The summed E-state index contributed by atoms with van der Waals surface area (Å²) in [6.45, 7) is 4.65. The molecule has 9 heteroatoms. The van der Waals surface area contributed by atoms with Crippen LogP contribution >= 0.6 is 23.2 Å². The average molecular weight is 530 g/mol. The number of carbonyl (C=O) groups is 3. The number of pyridine rings is 1. The van der Waals surface area contributed by atoms with E-state index in [-0.39, 0.29) is 33.2 Å². The van der Waals surface area contributed by atoms with Crippen molar-refractivity contribution in [3.05, 3.63) is 57.3 Å². The molecule has 0 bridgehead atoms. The number of nitrogens with zero attached hydrogens (tertiary/aromatic N) is 3. The quantitative estimate of drug-likeness (QED) is 0.463. The predicted octanol–water partition coefficient (Wildman–Crippen LogP) is 5.14. The molecule has 7 nitrogen and oxygen atoms in total. The number of ether oxygens (including phenoxy) is 1. The van der Waals surface area contributed by atoms with Gasteiger partial charge in [0, 0.05) is 43.2 Å². The second-order valence-electron chi connectivity index (χ2n) is 9.66. The second kappa shape index (κ2) is 11.1. The van der Waals surface area contributed by atoms with Crippen molar-refractivity contribution in [1.29, 1.82) is 0 Å². The Morgan fingerprint density at radius 1 is 1.17 bits per heavy atom. The summed E-state index contributed by atoms with van der Waals surface area (Å²) in [6, 6.07) is 5.04. The number of amides is 1. The van der Waals surface area contributed by atoms with Crippen molar-refractivity contribution in [3.8, 4) is 0 Å². The number of aromatic nitrogens is 1. The summed E-state index contributed by atoms with van der Waals surface area (Å²) in [5, 5.41) is 0.414. The number of benzene rings is 1. The number of anilines is 1. The Labute approximate surface area is 220 Å². The zero-order valence-corrected chi connectivity index (χ0v) is 22.1. The number of hydrogen-bond donors (Lipinski definition) is 0. The minimum Gasteiger partial charge on any atom is -0.467 e. The first-order chi connectivity index (χ1) is 17.2. The molecule has 2 aliphatic rings. The standard InChI is InChI=1S/C27H29Cl2N3O4/c1-15(2)10-18-21(5-7-24(18)33)31-22(27(35)36-3)12-16-4-6-23-17(11-16)8-9-32(23)26(34)25-19(28)13-30-14-20(25)29/h4,6,11,13-15,18,22H,5,7-10,12H2,1-3H3. The molecule has 2 heterocycles. The largest absolute Gasteiger partial charge is 0.467 e. The highest BCUT2D eigenvalue weighted by molar-refractivity contribution is 6.40. The Kier molecular flexibility index (Phi) is 8.10. The summed E-state index contributed by atoms with van der Waals surface area (Å²) in [5.74, 6) is -0.367. The number of esters is 1. The van der Waals surface area contributed by atoms with Crippen molar-refractivity contribution in [2.24, 2.45) is 16.8 Å². The highest BCUT2D eigenvalue weighted by Gasteiger charge is 2.33. The third kappa shape index (κ3) is 5.47. The van der Waals surface area contributed by atoms with Gasteiger partial charge >= 0.3 is 5.97 Å². The molecule has 0 radical (unpaired) electrons. The van der Waals surface area contributed by atoms with Gasteiger partial charge in [-0.15, -0.1) is 0 Å². The molecule has 1 aromatic heterocycles. The zero-order chi connectivity index (χ0) is 26.0. The van der Waals surface area contributed by atoms with Crippen LogP contribution in [-0.4, -0.2) is 48.1 Å². The molecule has 190 valence electrons. The van der Waals surface area contributed by atoms with E-state index in [1.165, 1.54) is 19.5 Å². The van der Waals surface area contributed by atoms with Crippen LogP contribution in [0.3, 0.4) is 0 Å². The molecule has 1 aliphatic heterocycles. The fraction of sp³-hybridized carbons (Fsp3) is 0.444. The minimum absolute atomic E-state index is 0.197. The molecule has 2 atom stereocenters. The fourth-order valence-corrected chi connectivity index (χ4v) is 5.49. The third-order valence-corrected chi connectivity index (χ3v) is 7.27. The highest BCUT2D eigenvalue weighted by atomic mass is 35.5. The lowest BCUT2D eigenvalue weighted by atomic mass is 9.93. The monoisotopic (exact) mass is 529 g/mol.